The molecule has 1 aliphatic rings. The molecule has 98 valence electrons. The van der Waals surface area contributed by atoms with E-state index in [-0.39, 0.29) is 5.60 Å². The van der Waals surface area contributed by atoms with Crippen molar-refractivity contribution in [3.8, 4) is 0 Å². The normalized spacial score (nSPS) is 23.0. The molecule has 2 heterocycles. The van der Waals surface area contributed by atoms with Gasteiger partial charge in [0.2, 0.25) is 0 Å². The van der Waals surface area contributed by atoms with Gasteiger partial charge < -0.3 is 15.8 Å². The van der Waals surface area contributed by atoms with Crippen LogP contribution in [0.3, 0.4) is 0 Å². The van der Waals surface area contributed by atoms with Gasteiger partial charge in [0.25, 0.3) is 0 Å². The highest BCUT2D eigenvalue weighted by atomic mass is 32.1. The molecule has 18 heavy (non-hydrogen) atoms. The number of nitrogens with one attached hydrogen (secondary N) is 1. The molecule has 5 heteroatoms. The standard InChI is InChI=1S/C13H19N3OS/c1-9-6-10(12(14)18)7-11(16-9)15-8-13(2)4-3-5-17-13/h6-7H,3-5,8H2,1-2H3,(H2,14,18)(H,15,16). The Balaban J connectivity index is 2.07. The van der Waals surface area contributed by atoms with E-state index >= 15 is 0 Å². The van der Waals surface area contributed by atoms with Crippen LogP contribution in [0.1, 0.15) is 31.0 Å². The van der Waals surface area contributed by atoms with Gasteiger partial charge in [-0.15, -0.1) is 0 Å². The molecule has 1 saturated heterocycles. The van der Waals surface area contributed by atoms with E-state index < -0.39 is 0 Å². The van der Waals surface area contributed by atoms with Gasteiger partial charge in [-0.05, 0) is 38.8 Å². The minimum atomic E-state index is -0.0885. The maximum atomic E-state index is 5.73. The van der Waals surface area contributed by atoms with Crippen molar-refractivity contribution in [2.24, 2.45) is 5.73 Å². The highest BCUT2D eigenvalue weighted by Gasteiger charge is 2.29. The molecule has 4 nitrogen and oxygen atoms in total. The molecular formula is C13H19N3OS. The van der Waals surface area contributed by atoms with Gasteiger partial charge >= 0.3 is 0 Å². The summed E-state index contributed by atoms with van der Waals surface area (Å²) in [5, 5.41) is 3.31. The van der Waals surface area contributed by atoms with E-state index in [0.717, 1.165) is 43.1 Å². The molecule has 1 fully saturated rings. The van der Waals surface area contributed by atoms with Gasteiger partial charge in [0.15, 0.2) is 0 Å². The lowest BCUT2D eigenvalue weighted by molar-refractivity contribution is 0.0315. The van der Waals surface area contributed by atoms with Gasteiger partial charge in [-0.2, -0.15) is 0 Å². The van der Waals surface area contributed by atoms with Crippen molar-refractivity contribution in [2.75, 3.05) is 18.5 Å². The van der Waals surface area contributed by atoms with Crippen LogP contribution in [0.4, 0.5) is 5.82 Å². The summed E-state index contributed by atoms with van der Waals surface area (Å²) in [7, 11) is 0. The number of nitrogens with two attached hydrogens (primary N) is 1. The van der Waals surface area contributed by atoms with Crippen molar-refractivity contribution in [3.63, 3.8) is 0 Å². The summed E-state index contributed by atoms with van der Waals surface area (Å²) in [5.41, 5.74) is 7.31. The third-order valence-electron chi connectivity index (χ3n) is 3.18. The first-order valence-corrected chi connectivity index (χ1v) is 6.56. The van der Waals surface area contributed by atoms with E-state index in [4.69, 9.17) is 22.7 Å². The van der Waals surface area contributed by atoms with Crippen molar-refractivity contribution in [1.82, 2.24) is 4.98 Å². The predicted octanol–water partition coefficient (Wildman–Crippen LogP) is 2.01. The third-order valence-corrected chi connectivity index (χ3v) is 3.42. The second-order valence-corrected chi connectivity index (χ2v) is 5.44. The highest BCUT2D eigenvalue weighted by Crippen LogP contribution is 2.25. The lowest BCUT2D eigenvalue weighted by Crippen LogP contribution is -2.32. The first-order valence-electron chi connectivity index (χ1n) is 6.15. The molecule has 1 aromatic rings. The number of anilines is 1. The zero-order valence-corrected chi connectivity index (χ0v) is 11.6. The van der Waals surface area contributed by atoms with Crippen LogP contribution in [0.2, 0.25) is 0 Å². The highest BCUT2D eigenvalue weighted by molar-refractivity contribution is 7.80. The smallest absolute Gasteiger partial charge is 0.127 e. The van der Waals surface area contributed by atoms with Gasteiger partial charge in [-0.25, -0.2) is 4.98 Å². The van der Waals surface area contributed by atoms with Crippen molar-refractivity contribution < 1.29 is 4.74 Å². The molecule has 0 bridgehead atoms. The molecular weight excluding hydrogens is 246 g/mol. The Kier molecular flexibility index (Phi) is 3.82. The first-order chi connectivity index (χ1) is 8.48. The monoisotopic (exact) mass is 265 g/mol. The van der Waals surface area contributed by atoms with Crippen LogP contribution in [-0.2, 0) is 4.74 Å². The lowest BCUT2D eigenvalue weighted by atomic mass is 10.0. The summed E-state index contributed by atoms with van der Waals surface area (Å²) in [6, 6.07) is 3.77. The molecule has 0 aliphatic carbocycles. The fraction of sp³-hybridized carbons (Fsp3) is 0.538. The topological polar surface area (TPSA) is 60.2 Å². The third kappa shape index (κ3) is 3.17. The van der Waals surface area contributed by atoms with Gasteiger partial charge in [0.1, 0.15) is 10.8 Å². The first kappa shape index (κ1) is 13.2. The fourth-order valence-corrected chi connectivity index (χ4v) is 2.27. The van der Waals surface area contributed by atoms with Gasteiger partial charge in [-0.1, -0.05) is 12.2 Å². The average Bonchev–Trinajstić information content (AvgIpc) is 2.73. The maximum absolute atomic E-state index is 5.73. The maximum Gasteiger partial charge on any atom is 0.127 e. The van der Waals surface area contributed by atoms with Crippen LogP contribution in [0.5, 0.6) is 0 Å². The van der Waals surface area contributed by atoms with E-state index in [1.807, 2.05) is 19.1 Å². The average molecular weight is 265 g/mol. The molecule has 0 radical (unpaired) electrons. The molecule has 1 atom stereocenters. The predicted molar refractivity (Wildman–Crippen MR) is 76.9 cm³/mol. The van der Waals surface area contributed by atoms with Crippen LogP contribution in [0.15, 0.2) is 12.1 Å². The quantitative estimate of drug-likeness (QED) is 0.815. The number of aryl methyl sites for hydroxylation is 1. The zero-order chi connectivity index (χ0) is 13.2. The summed E-state index contributed by atoms with van der Waals surface area (Å²) in [6.45, 7) is 5.65. The molecule has 0 saturated carbocycles. The Hall–Kier alpha value is -1.20. The molecule has 0 aromatic carbocycles. The minimum Gasteiger partial charge on any atom is -0.389 e. The number of rotatable bonds is 4. The molecule has 3 N–H and O–H groups in total. The Labute approximate surface area is 113 Å². The number of aromatic nitrogens is 1. The largest absolute Gasteiger partial charge is 0.389 e. The number of pyridine rings is 1. The lowest BCUT2D eigenvalue weighted by Gasteiger charge is -2.23. The summed E-state index contributed by atoms with van der Waals surface area (Å²) in [5.74, 6) is 0.800. The number of ether oxygens (including phenoxy) is 1. The summed E-state index contributed by atoms with van der Waals surface area (Å²) in [4.78, 5) is 4.82. The fourth-order valence-electron chi connectivity index (χ4n) is 2.16. The second kappa shape index (κ2) is 5.20. The Morgan fingerprint density at radius 1 is 1.61 bits per heavy atom. The van der Waals surface area contributed by atoms with Crippen LogP contribution < -0.4 is 11.1 Å². The number of nitrogens with zero attached hydrogens (tertiary/aromatic N) is 1. The molecule has 0 spiro atoms. The van der Waals surface area contributed by atoms with Crippen molar-refractivity contribution in [3.05, 3.63) is 23.4 Å². The number of hydrogen-bond acceptors (Lipinski definition) is 4. The zero-order valence-electron chi connectivity index (χ0n) is 10.8. The van der Waals surface area contributed by atoms with E-state index in [2.05, 4.69) is 17.2 Å². The minimum absolute atomic E-state index is 0.0885. The molecule has 1 aliphatic heterocycles. The molecule has 0 amide bonds. The van der Waals surface area contributed by atoms with Crippen molar-refractivity contribution in [1.29, 1.82) is 0 Å². The number of thiocarbonyl (C=S) groups is 1. The van der Waals surface area contributed by atoms with Crippen molar-refractivity contribution in [2.45, 2.75) is 32.3 Å². The molecule has 2 rings (SSSR count). The van der Waals surface area contributed by atoms with Crippen LogP contribution in [0, 0.1) is 6.92 Å². The Morgan fingerprint density at radius 2 is 2.39 bits per heavy atom. The van der Waals surface area contributed by atoms with E-state index in [1.165, 1.54) is 0 Å². The van der Waals surface area contributed by atoms with Crippen LogP contribution in [-0.4, -0.2) is 28.7 Å². The number of hydrogen-bond donors (Lipinski definition) is 2. The van der Waals surface area contributed by atoms with Gasteiger partial charge in [0, 0.05) is 24.4 Å². The summed E-state index contributed by atoms with van der Waals surface area (Å²) in [6.07, 6.45) is 2.20. The van der Waals surface area contributed by atoms with Crippen molar-refractivity contribution >= 4 is 23.0 Å². The van der Waals surface area contributed by atoms with E-state index in [0.29, 0.717) is 4.99 Å². The summed E-state index contributed by atoms with van der Waals surface area (Å²) >= 11 is 4.99. The van der Waals surface area contributed by atoms with Gasteiger partial charge in [-0.3, -0.25) is 0 Å². The van der Waals surface area contributed by atoms with Crippen LogP contribution in [0.25, 0.3) is 0 Å². The SMILES string of the molecule is Cc1cc(C(N)=S)cc(NCC2(C)CCCO2)n1. The molecule has 1 unspecified atom stereocenters. The second-order valence-electron chi connectivity index (χ2n) is 5.00. The van der Waals surface area contributed by atoms with Crippen LogP contribution >= 0.6 is 12.2 Å². The molecule has 1 aromatic heterocycles. The Bertz CT molecular complexity index is 456. The van der Waals surface area contributed by atoms with E-state index in [1.54, 1.807) is 0 Å². The van der Waals surface area contributed by atoms with E-state index in [9.17, 15) is 0 Å². The van der Waals surface area contributed by atoms with Gasteiger partial charge in [0.05, 0.1) is 5.60 Å². The Morgan fingerprint density at radius 3 is 3.00 bits per heavy atom. The summed E-state index contributed by atoms with van der Waals surface area (Å²) < 4.78 is 5.73.